The molecule has 0 aliphatic carbocycles. The molecule has 0 saturated heterocycles. The van der Waals surface area contributed by atoms with E-state index in [1.54, 1.807) is 36.4 Å². The lowest BCUT2D eigenvalue weighted by molar-refractivity contribution is -0.114. The molecule has 3 aromatic rings. The highest BCUT2D eigenvalue weighted by atomic mass is 16.2. The van der Waals surface area contributed by atoms with Crippen LogP contribution in [0.5, 0.6) is 0 Å². The summed E-state index contributed by atoms with van der Waals surface area (Å²) in [4.78, 5) is 23.4. The van der Waals surface area contributed by atoms with Crippen molar-refractivity contribution in [2.24, 2.45) is 0 Å². The van der Waals surface area contributed by atoms with E-state index < -0.39 is 0 Å². The van der Waals surface area contributed by atoms with Crippen LogP contribution in [0.15, 0.2) is 60.7 Å². The van der Waals surface area contributed by atoms with Crippen LogP contribution in [0.4, 0.5) is 22.9 Å². The Labute approximate surface area is 169 Å². The van der Waals surface area contributed by atoms with Gasteiger partial charge in [-0.25, -0.2) is 0 Å². The fourth-order valence-electron chi connectivity index (χ4n) is 2.81. The quantitative estimate of drug-likeness (QED) is 0.575. The maximum atomic E-state index is 12.4. The fourth-order valence-corrected chi connectivity index (χ4v) is 2.81. The molecule has 0 saturated carbocycles. The van der Waals surface area contributed by atoms with E-state index in [0.717, 1.165) is 5.69 Å². The molecule has 0 unspecified atom stereocenters. The molecule has 1 aromatic heterocycles. The zero-order chi connectivity index (χ0) is 20.8. The monoisotopic (exact) mass is 389 g/mol. The highest BCUT2D eigenvalue weighted by Gasteiger charge is 2.11. The Morgan fingerprint density at radius 2 is 1.48 bits per heavy atom. The summed E-state index contributed by atoms with van der Waals surface area (Å²) in [6.07, 6.45) is 0. The van der Waals surface area contributed by atoms with Crippen LogP contribution < -0.4 is 16.0 Å². The number of benzene rings is 2. The van der Waals surface area contributed by atoms with Gasteiger partial charge >= 0.3 is 0 Å². The van der Waals surface area contributed by atoms with Crippen LogP contribution in [-0.2, 0) is 4.79 Å². The number of anilines is 4. The molecule has 0 spiro atoms. The summed E-state index contributed by atoms with van der Waals surface area (Å²) in [6.45, 7) is 5.69. The second-order valence-electron chi connectivity index (χ2n) is 6.88. The van der Waals surface area contributed by atoms with E-state index in [0.29, 0.717) is 23.1 Å². The van der Waals surface area contributed by atoms with Gasteiger partial charge in [-0.05, 0) is 53.9 Å². The number of carbonyl (C=O) groups excluding carboxylic acids is 2. The van der Waals surface area contributed by atoms with Crippen molar-refractivity contribution in [3.05, 3.63) is 71.9 Å². The molecular weight excluding hydrogens is 366 g/mol. The summed E-state index contributed by atoms with van der Waals surface area (Å²) in [7, 11) is 0. The number of aromatic nitrogens is 2. The van der Waals surface area contributed by atoms with Gasteiger partial charge in [0.05, 0.1) is 0 Å². The summed E-state index contributed by atoms with van der Waals surface area (Å²) in [6, 6.07) is 18.2. The van der Waals surface area contributed by atoms with Crippen molar-refractivity contribution in [3.63, 3.8) is 0 Å². The molecule has 0 aliphatic heterocycles. The molecule has 2 amide bonds. The fraction of sp³-hybridized carbons (Fsp3) is 0.182. The summed E-state index contributed by atoms with van der Waals surface area (Å²) in [5, 5.41) is 16.8. The number of para-hydroxylation sites is 1. The molecule has 0 atom stereocenters. The SMILES string of the molecule is CC(=O)Nc1ccc(NC(=O)c2ccc(Nc3ccccc3C(C)C)nn2)cc1. The molecule has 0 bridgehead atoms. The standard InChI is InChI=1S/C22H23N5O2/c1-14(2)18-6-4-5-7-19(18)25-21-13-12-20(26-27-21)22(29)24-17-10-8-16(9-11-17)23-15(3)28/h4-14H,1-3H3,(H,23,28)(H,24,29)(H,25,27). The minimum atomic E-state index is -0.362. The normalized spacial score (nSPS) is 10.5. The van der Waals surface area contributed by atoms with Gasteiger partial charge in [-0.1, -0.05) is 32.0 Å². The highest BCUT2D eigenvalue weighted by Crippen LogP contribution is 2.26. The third-order valence-corrected chi connectivity index (χ3v) is 4.21. The van der Waals surface area contributed by atoms with Crippen LogP contribution in [0.1, 0.15) is 42.7 Å². The van der Waals surface area contributed by atoms with Crippen LogP contribution in [0.2, 0.25) is 0 Å². The third-order valence-electron chi connectivity index (χ3n) is 4.21. The van der Waals surface area contributed by atoms with Crippen molar-refractivity contribution >= 4 is 34.7 Å². The number of carbonyl (C=O) groups is 2. The lowest BCUT2D eigenvalue weighted by Gasteiger charge is -2.13. The Bertz CT molecular complexity index is 998. The van der Waals surface area contributed by atoms with Crippen LogP contribution in [-0.4, -0.2) is 22.0 Å². The van der Waals surface area contributed by atoms with Crippen molar-refractivity contribution in [1.82, 2.24) is 10.2 Å². The van der Waals surface area contributed by atoms with Gasteiger partial charge in [0.25, 0.3) is 5.91 Å². The second-order valence-corrected chi connectivity index (χ2v) is 6.88. The first-order valence-electron chi connectivity index (χ1n) is 9.31. The minimum Gasteiger partial charge on any atom is -0.338 e. The summed E-state index contributed by atoms with van der Waals surface area (Å²) in [5.41, 5.74) is 3.61. The van der Waals surface area contributed by atoms with Crippen LogP contribution in [0.3, 0.4) is 0 Å². The largest absolute Gasteiger partial charge is 0.338 e. The lowest BCUT2D eigenvalue weighted by atomic mass is 10.0. The molecule has 0 fully saturated rings. The van der Waals surface area contributed by atoms with E-state index in [1.165, 1.54) is 12.5 Å². The number of nitrogens with zero attached hydrogens (tertiary/aromatic N) is 2. The van der Waals surface area contributed by atoms with E-state index in [4.69, 9.17) is 0 Å². The smallest absolute Gasteiger partial charge is 0.276 e. The van der Waals surface area contributed by atoms with Crippen molar-refractivity contribution in [1.29, 1.82) is 0 Å². The average molecular weight is 389 g/mol. The molecule has 0 aliphatic rings. The van der Waals surface area contributed by atoms with Crippen LogP contribution in [0.25, 0.3) is 0 Å². The zero-order valence-corrected chi connectivity index (χ0v) is 16.6. The maximum absolute atomic E-state index is 12.4. The highest BCUT2D eigenvalue weighted by molar-refractivity contribution is 6.03. The molecular formula is C22H23N5O2. The Morgan fingerprint density at radius 1 is 0.828 bits per heavy atom. The molecule has 7 nitrogen and oxygen atoms in total. The first kappa shape index (κ1) is 20.0. The zero-order valence-electron chi connectivity index (χ0n) is 16.6. The molecule has 2 aromatic carbocycles. The molecule has 148 valence electrons. The Kier molecular flexibility index (Phi) is 6.19. The van der Waals surface area contributed by atoms with Crippen LogP contribution in [0, 0.1) is 0 Å². The lowest BCUT2D eigenvalue weighted by Crippen LogP contribution is -2.14. The van der Waals surface area contributed by atoms with Gasteiger partial charge < -0.3 is 16.0 Å². The second kappa shape index (κ2) is 8.97. The van der Waals surface area contributed by atoms with Gasteiger partial charge in [0.2, 0.25) is 5.91 Å². The molecule has 0 radical (unpaired) electrons. The molecule has 29 heavy (non-hydrogen) atoms. The Balaban J connectivity index is 1.65. The molecule has 1 heterocycles. The number of hydrogen-bond acceptors (Lipinski definition) is 5. The number of hydrogen-bond donors (Lipinski definition) is 3. The number of nitrogens with one attached hydrogen (secondary N) is 3. The summed E-state index contributed by atoms with van der Waals surface area (Å²) < 4.78 is 0. The van der Waals surface area contributed by atoms with Gasteiger partial charge in [-0.15, -0.1) is 10.2 Å². The van der Waals surface area contributed by atoms with Gasteiger partial charge in [0, 0.05) is 24.0 Å². The van der Waals surface area contributed by atoms with E-state index in [-0.39, 0.29) is 17.5 Å². The average Bonchev–Trinajstić information content (AvgIpc) is 2.70. The van der Waals surface area contributed by atoms with E-state index >= 15 is 0 Å². The van der Waals surface area contributed by atoms with Gasteiger partial charge in [0.1, 0.15) is 0 Å². The van der Waals surface area contributed by atoms with Crippen LogP contribution >= 0.6 is 0 Å². The van der Waals surface area contributed by atoms with Gasteiger partial charge in [-0.3, -0.25) is 9.59 Å². The molecule has 3 N–H and O–H groups in total. The van der Waals surface area contributed by atoms with E-state index in [1.807, 2.05) is 18.2 Å². The summed E-state index contributed by atoms with van der Waals surface area (Å²) in [5.74, 6) is 0.420. The van der Waals surface area contributed by atoms with Crippen molar-refractivity contribution in [3.8, 4) is 0 Å². The number of rotatable bonds is 6. The third kappa shape index (κ3) is 5.38. The predicted octanol–water partition coefficient (Wildman–Crippen LogP) is 4.55. The van der Waals surface area contributed by atoms with Gasteiger partial charge in [0.15, 0.2) is 11.5 Å². The van der Waals surface area contributed by atoms with Crippen molar-refractivity contribution < 1.29 is 9.59 Å². The topological polar surface area (TPSA) is 96.0 Å². The van der Waals surface area contributed by atoms with Gasteiger partial charge in [-0.2, -0.15) is 0 Å². The molecule has 7 heteroatoms. The Morgan fingerprint density at radius 3 is 2.07 bits per heavy atom. The van der Waals surface area contributed by atoms with Crippen molar-refractivity contribution in [2.75, 3.05) is 16.0 Å². The minimum absolute atomic E-state index is 0.151. The van der Waals surface area contributed by atoms with E-state index in [9.17, 15) is 9.59 Å². The van der Waals surface area contributed by atoms with E-state index in [2.05, 4.69) is 46.1 Å². The number of amides is 2. The first-order chi connectivity index (χ1) is 13.9. The predicted molar refractivity (Wildman–Crippen MR) is 115 cm³/mol. The first-order valence-corrected chi connectivity index (χ1v) is 9.31. The van der Waals surface area contributed by atoms with Crippen molar-refractivity contribution in [2.45, 2.75) is 26.7 Å². The Hall–Kier alpha value is -3.74. The summed E-state index contributed by atoms with van der Waals surface area (Å²) >= 11 is 0. The molecule has 3 rings (SSSR count). The maximum Gasteiger partial charge on any atom is 0.276 e.